The Labute approximate surface area is 146 Å². The fourth-order valence-corrected chi connectivity index (χ4v) is 8.15. The highest BCUT2D eigenvalue weighted by molar-refractivity contribution is 5.29. The first-order valence-corrected chi connectivity index (χ1v) is 10.3. The molecule has 2 nitrogen and oxygen atoms in total. The summed E-state index contributed by atoms with van der Waals surface area (Å²) in [5.74, 6) is 4.25. The van der Waals surface area contributed by atoms with Crippen molar-refractivity contribution in [1.29, 1.82) is 0 Å². The predicted molar refractivity (Wildman–Crippen MR) is 95.4 cm³/mol. The highest BCUT2D eigenvalue weighted by atomic mass is 16.3. The SMILES string of the molecule is C[C@]12CC[C@@H](O)C[C@@H]1CC[C@H]1[C@@H]3CC[C@@H]4C(O)=CC=CC43CC[C@@H]12. The van der Waals surface area contributed by atoms with Gasteiger partial charge in [-0.3, -0.25) is 0 Å². The van der Waals surface area contributed by atoms with Gasteiger partial charge in [-0.05, 0) is 93.0 Å². The first kappa shape index (κ1) is 15.5. The molecule has 1 spiro atoms. The summed E-state index contributed by atoms with van der Waals surface area (Å²) >= 11 is 0. The zero-order valence-electron chi connectivity index (χ0n) is 15.0. The molecule has 0 saturated heterocycles. The van der Waals surface area contributed by atoms with Crippen LogP contribution in [-0.2, 0) is 0 Å². The molecule has 0 heterocycles. The smallest absolute Gasteiger partial charge is 0.0962 e. The maximum atomic E-state index is 10.5. The van der Waals surface area contributed by atoms with Gasteiger partial charge in [0.1, 0.15) is 0 Å². The molecule has 5 rings (SSSR count). The Kier molecular flexibility index (Phi) is 3.31. The average molecular weight is 328 g/mol. The Hall–Kier alpha value is -0.760. The second-order valence-corrected chi connectivity index (χ2v) is 9.82. The molecule has 0 aromatic rings. The van der Waals surface area contributed by atoms with Crippen LogP contribution in [-0.4, -0.2) is 16.3 Å². The summed E-state index contributed by atoms with van der Waals surface area (Å²) in [6.07, 6.45) is 17.5. The van der Waals surface area contributed by atoms with Gasteiger partial charge in [0.25, 0.3) is 0 Å². The van der Waals surface area contributed by atoms with Crippen molar-refractivity contribution in [2.75, 3.05) is 0 Å². The maximum Gasteiger partial charge on any atom is 0.0962 e. The molecule has 4 fully saturated rings. The zero-order chi connectivity index (χ0) is 16.5. The van der Waals surface area contributed by atoms with Crippen molar-refractivity contribution in [1.82, 2.24) is 0 Å². The first-order chi connectivity index (χ1) is 11.5. The van der Waals surface area contributed by atoms with E-state index in [9.17, 15) is 10.2 Å². The molecule has 4 saturated carbocycles. The van der Waals surface area contributed by atoms with Gasteiger partial charge in [-0.15, -0.1) is 0 Å². The number of hydrogen-bond acceptors (Lipinski definition) is 2. The molecule has 132 valence electrons. The minimum Gasteiger partial charge on any atom is -0.512 e. The Bertz CT molecular complexity index is 593. The van der Waals surface area contributed by atoms with Gasteiger partial charge in [-0.1, -0.05) is 19.1 Å². The molecule has 2 N–H and O–H groups in total. The van der Waals surface area contributed by atoms with E-state index in [2.05, 4.69) is 19.1 Å². The largest absolute Gasteiger partial charge is 0.512 e. The summed E-state index contributed by atoms with van der Waals surface area (Å²) in [5.41, 5.74) is 0.718. The second kappa shape index (κ2) is 5.13. The van der Waals surface area contributed by atoms with Gasteiger partial charge in [0, 0.05) is 11.3 Å². The lowest BCUT2D eigenvalue weighted by molar-refractivity contribution is -0.120. The first-order valence-electron chi connectivity index (χ1n) is 10.3. The third kappa shape index (κ3) is 1.87. The molecule has 0 aliphatic heterocycles. The monoisotopic (exact) mass is 328 g/mol. The molecule has 0 bridgehead atoms. The lowest BCUT2D eigenvalue weighted by Gasteiger charge is -2.61. The van der Waals surface area contributed by atoms with Crippen molar-refractivity contribution < 1.29 is 10.2 Å². The van der Waals surface area contributed by atoms with Crippen LogP contribution in [0.5, 0.6) is 0 Å². The highest BCUT2D eigenvalue weighted by Crippen LogP contribution is 2.69. The van der Waals surface area contributed by atoms with E-state index in [-0.39, 0.29) is 11.5 Å². The van der Waals surface area contributed by atoms with E-state index < -0.39 is 0 Å². The van der Waals surface area contributed by atoms with E-state index >= 15 is 0 Å². The van der Waals surface area contributed by atoms with E-state index in [0.717, 1.165) is 36.5 Å². The molecule has 8 atom stereocenters. The third-order valence-corrected chi connectivity index (χ3v) is 9.26. The van der Waals surface area contributed by atoms with Gasteiger partial charge in [0.05, 0.1) is 11.9 Å². The van der Waals surface area contributed by atoms with Crippen molar-refractivity contribution in [2.24, 2.45) is 40.4 Å². The Morgan fingerprint density at radius 2 is 1.88 bits per heavy atom. The van der Waals surface area contributed by atoms with Crippen molar-refractivity contribution in [3.05, 3.63) is 24.0 Å². The van der Waals surface area contributed by atoms with Crippen LogP contribution in [0.4, 0.5) is 0 Å². The van der Waals surface area contributed by atoms with E-state index in [4.69, 9.17) is 0 Å². The minimum atomic E-state index is -0.0474. The van der Waals surface area contributed by atoms with Gasteiger partial charge < -0.3 is 10.2 Å². The summed E-state index contributed by atoms with van der Waals surface area (Å²) in [7, 11) is 0. The maximum absolute atomic E-state index is 10.5. The number of allylic oxidation sites excluding steroid dienone is 4. The predicted octanol–water partition coefficient (Wildman–Crippen LogP) is 5.00. The Morgan fingerprint density at radius 3 is 2.75 bits per heavy atom. The number of aliphatic hydroxyl groups excluding tert-OH is 2. The lowest BCUT2D eigenvalue weighted by Crippen LogP contribution is -2.54. The Morgan fingerprint density at radius 1 is 1.00 bits per heavy atom. The quantitative estimate of drug-likeness (QED) is 0.657. The summed E-state index contributed by atoms with van der Waals surface area (Å²) in [6, 6.07) is 0. The van der Waals surface area contributed by atoms with Crippen molar-refractivity contribution in [3.63, 3.8) is 0 Å². The summed E-state index contributed by atoms with van der Waals surface area (Å²) in [5, 5.41) is 20.6. The molecule has 2 heteroatoms. The van der Waals surface area contributed by atoms with E-state index in [1.165, 1.54) is 44.9 Å². The molecule has 0 aromatic carbocycles. The van der Waals surface area contributed by atoms with Crippen LogP contribution in [0.2, 0.25) is 0 Å². The highest BCUT2D eigenvalue weighted by Gasteiger charge is 2.61. The van der Waals surface area contributed by atoms with Crippen LogP contribution in [0.1, 0.15) is 64.7 Å². The minimum absolute atomic E-state index is 0.0474. The van der Waals surface area contributed by atoms with Crippen LogP contribution in [0.15, 0.2) is 24.0 Å². The summed E-state index contributed by atoms with van der Waals surface area (Å²) in [4.78, 5) is 0. The topological polar surface area (TPSA) is 40.5 Å². The molecule has 24 heavy (non-hydrogen) atoms. The Balaban J connectivity index is 1.47. The van der Waals surface area contributed by atoms with Gasteiger partial charge in [0.2, 0.25) is 0 Å². The van der Waals surface area contributed by atoms with E-state index in [1.54, 1.807) is 0 Å². The molecule has 0 amide bonds. The molecule has 1 unspecified atom stereocenters. The normalized spacial score (nSPS) is 55.8. The third-order valence-electron chi connectivity index (χ3n) is 9.26. The van der Waals surface area contributed by atoms with Crippen molar-refractivity contribution in [3.8, 4) is 0 Å². The molecular formula is C22H32O2. The number of hydrogen-bond donors (Lipinski definition) is 2. The molecular weight excluding hydrogens is 296 g/mol. The van der Waals surface area contributed by atoms with Crippen molar-refractivity contribution in [2.45, 2.75) is 70.8 Å². The van der Waals surface area contributed by atoms with Gasteiger partial charge in [-0.2, -0.15) is 0 Å². The van der Waals surface area contributed by atoms with Crippen molar-refractivity contribution >= 4 is 0 Å². The zero-order valence-corrected chi connectivity index (χ0v) is 15.0. The fourth-order valence-electron chi connectivity index (χ4n) is 8.15. The molecule has 5 aliphatic rings. The van der Waals surface area contributed by atoms with Crippen LogP contribution < -0.4 is 0 Å². The van der Waals surface area contributed by atoms with Crippen LogP contribution >= 0.6 is 0 Å². The summed E-state index contributed by atoms with van der Waals surface area (Å²) in [6.45, 7) is 2.55. The van der Waals surface area contributed by atoms with Gasteiger partial charge in [0.15, 0.2) is 0 Å². The van der Waals surface area contributed by atoms with Crippen LogP contribution in [0, 0.1) is 40.4 Å². The van der Waals surface area contributed by atoms with Gasteiger partial charge in [-0.25, -0.2) is 0 Å². The van der Waals surface area contributed by atoms with E-state index in [0.29, 0.717) is 17.1 Å². The summed E-state index contributed by atoms with van der Waals surface area (Å²) < 4.78 is 0. The number of rotatable bonds is 0. The van der Waals surface area contributed by atoms with Gasteiger partial charge >= 0.3 is 0 Å². The standard InChI is InChI=1S/C22H32O2/c1-21-11-8-15(23)13-14(21)4-5-16-17(21)9-12-22-10-2-3-20(24)19(22)7-6-18(16)22/h2-3,10,14-19,23-24H,4-9,11-13H2,1H3/t14-,15+,16+,17-,18-,19+,21-,22?/m0/s1. The average Bonchev–Trinajstić information content (AvgIpc) is 2.96. The number of aliphatic hydroxyl groups is 2. The second-order valence-electron chi connectivity index (χ2n) is 9.82. The molecule has 0 aromatic heterocycles. The lowest BCUT2D eigenvalue weighted by atomic mass is 9.44. The van der Waals surface area contributed by atoms with E-state index in [1.807, 2.05) is 6.08 Å². The fraction of sp³-hybridized carbons (Fsp3) is 0.818. The van der Waals surface area contributed by atoms with Crippen LogP contribution in [0.3, 0.4) is 0 Å². The molecule has 5 aliphatic carbocycles. The van der Waals surface area contributed by atoms with Crippen LogP contribution in [0.25, 0.3) is 0 Å². The molecule has 0 radical (unpaired) electrons. The number of fused-ring (bicyclic) bond motifs is 4.